The Labute approximate surface area is 104 Å². The zero-order chi connectivity index (χ0) is 12.8. The average molecular weight is 234 g/mol. The second kappa shape index (κ2) is 6.48. The summed E-state index contributed by atoms with van der Waals surface area (Å²) in [6.45, 7) is 8.51. The number of terminal acetylenes is 1. The minimum atomic E-state index is 0.466. The van der Waals surface area contributed by atoms with Crippen LogP contribution >= 0.6 is 0 Å². The van der Waals surface area contributed by atoms with E-state index in [0.717, 1.165) is 24.6 Å². The van der Waals surface area contributed by atoms with Gasteiger partial charge in [-0.2, -0.15) is 0 Å². The number of furan rings is 1. The number of nitrogens with one attached hydrogen (secondary N) is 1. The van der Waals surface area contributed by atoms with Gasteiger partial charge in [0.25, 0.3) is 0 Å². The third kappa shape index (κ3) is 4.64. The monoisotopic (exact) mass is 234 g/mol. The van der Waals surface area contributed by atoms with Crippen LogP contribution in [0.5, 0.6) is 0 Å². The number of rotatable bonds is 6. The highest BCUT2D eigenvalue weighted by molar-refractivity contribution is 5.20. The third-order valence-electron chi connectivity index (χ3n) is 2.56. The maximum atomic E-state index is 5.70. The lowest BCUT2D eigenvalue weighted by atomic mass is 10.2. The molecule has 0 saturated carbocycles. The Kier molecular flexibility index (Phi) is 5.27. The first-order chi connectivity index (χ1) is 8.02. The summed E-state index contributed by atoms with van der Waals surface area (Å²) in [6, 6.07) is 2.57. The van der Waals surface area contributed by atoms with Gasteiger partial charge >= 0.3 is 0 Å². The normalized spacial score (nSPS) is 11.1. The van der Waals surface area contributed by atoms with Crippen LogP contribution in [0.15, 0.2) is 10.5 Å². The Balaban J connectivity index is 2.59. The predicted molar refractivity (Wildman–Crippen MR) is 70.6 cm³/mol. The van der Waals surface area contributed by atoms with Crippen molar-refractivity contribution >= 4 is 0 Å². The summed E-state index contributed by atoms with van der Waals surface area (Å²) in [5.41, 5.74) is 1.21. The van der Waals surface area contributed by atoms with Gasteiger partial charge in [-0.15, -0.1) is 6.42 Å². The van der Waals surface area contributed by atoms with Gasteiger partial charge in [-0.1, -0.05) is 19.8 Å². The summed E-state index contributed by atoms with van der Waals surface area (Å²) in [5.74, 6) is 4.60. The van der Waals surface area contributed by atoms with Crippen LogP contribution in [-0.4, -0.2) is 24.5 Å². The van der Waals surface area contributed by atoms with Crippen molar-refractivity contribution in [2.24, 2.45) is 0 Å². The maximum absolute atomic E-state index is 5.70. The fraction of sp³-hybridized carbons (Fsp3) is 0.571. The third-order valence-corrected chi connectivity index (χ3v) is 2.56. The Morgan fingerprint density at radius 3 is 2.82 bits per heavy atom. The molecule has 3 nitrogen and oxygen atoms in total. The molecule has 1 heterocycles. The molecule has 94 valence electrons. The lowest BCUT2D eigenvalue weighted by molar-refractivity contribution is 0.364. The largest absolute Gasteiger partial charge is 0.465 e. The van der Waals surface area contributed by atoms with Crippen LogP contribution in [0.3, 0.4) is 0 Å². The first kappa shape index (κ1) is 13.8. The van der Waals surface area contributed by atoms with E-state index in [-0.39, 0.29) is 0 Å². The molecule has 3 heteroatoms. The standard InChI is InChI=1S/C14H22N2O/c1-6-7-16(5)10-13-8-14(17-12(13)4)9-15-11(2)3/h1,8,11,15H,7,9-10H2,2-5H3. The van der Waals surface area contributed by atoms with Crippen LogP contribution in [0.1, 0.15) is 30.9 Å². The fourth-order valence-corrected chi connectivity index (χ4v) is 1.64. The fourth-order valence-electron chi connectivity index (χ4n) is 1.64. The van der Waals surface area contributed by atoms with Crippen molar-refractivity contribution in [2.75, 3.05) is 13.6 Å². The number of nitrogens with zero attached hydrogens (tertiary/aromatic N) is 1. The molecular weight excluding hydrogens is 212 g/mol. The van der Waals surface area contributed by atoms with E-state index >= 15 is 0 Å². The molecule has 1 aromatic rings. The first-order valence-corrected chi connectivity index (χ1v) is 5.96. The lowest BCUT2D eigenvalue weighted by Crippen LogP contribution is -2.21. The van der Waals surface area contributed by atoms with Gasteiger partial charge in [-0.25, -0.2) is 0 Å². The summed E-state index contributed by atoms with van der Waals surface area (Å²) in [4.78, 5) is 2.09. The summed E-state index contributed by atoms with van der Waals surface area (Å²) in [5, 5.41) is 3.34. The quantitative estimate of drug-likeness (QED) is 0.765. The summed E-state index contributed by atoms with van der Waals surface area (Å²) >= 11 is 0. The lowest BCUT2D eigenvalue weighted by Gasteiger charge is -2.11. The van der Waals surface area contributed by atoms with Crippen LogP contribution in [0, 0.1) is 19.3 Å². The van der Waals surface area contributed by atoms with Crippen LogP contribution in [0.2, 0.25) is 0 Å². The average Bonchev–Trinajstić information content (AvgIpc) is 2.57. The van der Waals surface area contributed by atoms with E-state index in [4.69, 9.17) is 10.8 Å². The SMILES string of the molecule is C#CCN(C)Cc1cc(CNC(C)C)oc1C. The topological polar surface area (TPSA) is 28.4 Å². The molecule has 0 aliphatic carbocycles. The van der Waals surface area contributed by atoms with Gasteiger partial charge in [0.15, 0.2) is 0 Å². The Morgan fingerprint density at radius 2 is 2.24 bits per heavy atom. The highest BCUT2D eigenvalue weighted by atomic mass is 16.3. The van der Waals surface area contributed by atoms with E-state index in [1.54, 1.807) is 0 Å². The molecule has 0 aromatic carbocycles. The zero-order valence-corrected chi connectivity index (χ0v) is 11.2. The van der Waals surface area contributed by atoms with Crippen LogP contribution < -0.4 is 5.32 Å². The van der Waals surface area contributed by atoms with Crippen LogP contribution in [0.4, 0.5) is 0 Å². The van der Waals surface area contributed by atoms with Crippen molar-refractivity contribution in [3.05, 3.63) is 23.2 Å². The van der Waals surface area contributed by atoms with Crippen molar-refractivity contribution in [3.63, 3.8) is 0 Å². The van der Waals surface area contributed by atoms with Gasteiger partial charge in [0, 0.05) is 18.2 Å². The molecule has 0 fully saturated rings. The smallest absolute Gasteiger partial charge is 0.118 e. The zero-order valence-electron chi connectivity index (χ0n) is 11.2. The Morgan fingerprint density at radius 1 is 1.53 bits per heavy atom. The second-order valence-corrected chi connectivity index (χ2v) is 4.71. The molecule has 1 rings (SSSR count). The number of hydrogen-bond acceptors (Lipinski definition) is 3. The molecular formula is C14H22N2O. The summed E-state index contributed by atoms with van der Waals surface area (Å²) in [7, 11) is 2.01. The molecule has 17 heavy (non-hydrogen) atoms. The second-order valence-electron chi connectivity index (χ2n) is 4.71. The molecule has 0 bridgehead atoms. The minimum absolute atomic E-state index is 0.466. The van der Waals surface area contributed by atoms with Crippen LogP contribution in [0.25, 0.3) is 0 Å². The molecule has 0 amide bonds. The van der Waals surface area contributed by atoms with Crippen LogP contribution in [-0.2, 0) is 13.1 Å². The van der Waals surface area contributed by atoms with Gasteiger partial charge in [-0.3, -0.25) is 4.90 Å². The van der Waals surface area contributed by atoms with Crippen molar-refractivity contribution in [1.29, 1.82) is 0 Å². The van der Waals surface area contributed by atoms with E-state index in [0.29, 0.717) is 12.6 Å². The van der Waals surface area contributed by atoms with Crippen molar-refractivity contribution in [1.82, 2.24) is 10.2 Å². The van der Waals surface area contributed by atoms with Gasteiger partial charge < -0.3 is 9.73 Å². The molecule has 0 aliphatic heterocycles. The molecule has 0 atom stereocenters. The highest BCUT2D eigenvalue weighted by Crippen LogP contribution is 2.16. The molecule has 0 radical (unpaired) electrons. The van der Waals surface area contributed by atoms with Crippen molar-refractivity contribution in [3.8, 4) is 12.3 Å². The first-order valence-electron chi connectivity index (χ1n) is 5.96. The van der Waals surface area contributed by atoms with Gasteiger partial charge in [0.2, 0.25) is 0 Å². The minimum Gasteiger partial charge on any atom is -0.465 e. The summed E-state index contributed by atoms with van der Waals surface area (Å²) < 4.78 is 5.70. The van der Waals surface area contributed by atoms with Crippen molar-refractivity contribution < 1.29 is 4.42 Å². The summed E-state index contributed by atoms with van der Waals surface area (Å²) in [6.07, 6.45) is 5.28. The molecule has 0 saturated heterocycles. The van der Waals surface area contributed by atoms with E-state index < -0.39 is 0 Å². The molecule has 1 aromatic heterocycles. The van der Waals surface area contributed by atoms with E-state index in [9.17, 15) is 0 Å². The molecule has 0 aliphatic rings. The van der Waals surface area contributed by atoms with Gasteiger partial charge in [0.1, 0.15) is 11.5 Å². The Bertz CT molecular complexity index is 387. The maximum Gasteiger partial charge on any atom is 0.118 e. The van der Waals surface area contributed by atoms with Gasteiger partial charge in [0.05, 0.1) is 13.1 Å². The molecule has 0 unspecified atom stereocenters. The number of hydrogen-bond donors (Lipinski definition) is 1. The van der Waals surface area contributed by atoms with Gasteiger partial charge in [-0.05, 0) is 20.0 Å². The van der Waals surface area contributed by atoms with E-state index in [1.807, 2.05) is 14.0 Å². The Hall–Kier alpha value is -1.24. The van der Waals surface area contributed by atoms with E-state index in [2.05, 4.69) is 36.1 Å². The van der Waals surface area contributed by atoms with Crippen molar-refractivity contribution in [2.45, 2.75) is 39.9 Å². The highest BCUT2D eigenvalue weighted by Gasteiger charge is 2.09. The molecule has 1 N–H and O–H groups in total. The van der Waals surface area contributed by atoms with E-state index in [1.165, 1.54) is 5.56 Å². The number of aryl methyl sites for hydroxylation is 1. The predicted octanol–water partition coefficient (Wildman–Crippen LogP) is 2.15. The molecule has 0 spiro atoms.